The van der Waals surface area contributed by atoms with Crippen LogP contribution in [0.25, 0.3) is 10.9 Å². The second-order valence-electron chi connectivity index (χ2n) is 4.85. The van der Waals surface area contributed by atoms with Gasteiger partial charge in [-0.15, -0.1) is 0 Å². The molecular weight excluding hydrogens is 198 g/mol. The van der Waals surface area contributed by atoms with E-state index in [1.807, 2.05) is 39.0 Å². The van der Waals surface area contributed by atoms with Crippen LogP contribution in [0, 0.1) is 6.92 Å². The fourth-order valence-corrected chi connectivity index (χ4v) is 2.26. The van der Waals surface area contributed by atoms with Gasteiger partial charge in [0.15, 0.2) is 0 Å². The van der Waals surface area contributed by atoms with Gasteiger partial charge in [0.05, 0.1) is 5.41 Å². The Balaban J connectivity index is 2.78. The van der Waals surface area contributed by atoms with E-state index >= 15 is 0 Å². The molecule has 1 aromatic carbocycles. The predicted octanol–water partition coefficient (Wildman–Crippen LogP) is 3.34. The van der Waals surface area contributed by atoms with Gasteiger partial charge in [0.1, 0.15) is 5.78 Å². The highest BCUT2D eigenvalue weighted by Gasteiger charge is 2.30. The van der Waals surface area contributed by atoms with E-state index in [1.165, 1.54) is 0 Å². The molecule has 84 valence electrons. The van der Waals surface area contributed by atoms with Crippen molar-refractivity contribution >= 4 is 16.7 Å². The minimum Gasteiger partial charge on any atom is -0.358 e. The third kappa shape index (κ3) is 1.45. The Morgan fingerprint density at radius 3 is 2.50 bits per heavy atom. The van der Waals surface area contributed by atoms with Gasteiger partial charge < -0.3 is 4.98 Å². The number of aromatic amines is 1. The molecule has 0 saturated heterocycles. The zero-order chi connectivity index (χ0) is 11.9. The number of carbonyl (C=O) groups is 1. The van der Waals surface area contributed by atoms with E-state index in [0.29, 0.717) is 0 Å². The molecule has 0 spiro atoms. The van der Waals surface area contributed by atoms with Crippen molar-refractivity contribution < 1.29 is 4.79 Å². The van der Waals surface area contributed by atoms with Crippen LogP contribution in [0.3, 0.4) is 0 Å². The van der Waals surface area contributed by atoms with Gasteiger partial charge in [-0.05, 0) is 39.3 Å². The first-order chi connectivity index (χ1) is 7.44. The number of aryl methyl sites for hydroxylation is 1. The number of aromatic nitrogens is 1. The van der Waals surface area contributed by atoms with Crippen molar-refractivity contribution in [2.75, 3.05) is 0 Å². The highest BCUT2D eigenvalue weighted by molar-refractivity contribution is 5.95. The van der Waals surface area contributed by atoms with Gasteiger partial charge in [-0.25, -0.2) is 0 Å². The largest absolute Gasteiger partial charge is 0.358 e. The summed E-state index contributed by atoms with van der Waals surface area (Å²) in [7, 11) is 0. The summed E-state index contributed by atoms with van der Waals surface area (Å²) in [4.78, 5) is 15.1. The second kappa shape index (κ2) is 3.48. The van der Waals surface area contributed by atoms with Crippen molar-refractivity contribution in [1.29, 1.82) is 0 Å². The van der Waals surface area contributed by atoms with E-state index in [-0.39, 0.29) is 5.78 Å². The first kappa shape index (κ1) is 10.9. The standard InChI is InChI=1S/C14H17NO/c1-9-13(14(3,4)10(2)16)11-7-5-6-8-12(11)15-9/h5-8,15H,1-4H3. The molecule has 2 heteroatoms. The first-order valence-corrected chi connectivity index (χ1v) is 5.53. The fraction of sp³-hybridized carbons (Fsp3) is 0.357. The number of nitrogens with one attached hydrogen (secondary N) is 1. The molecular formula is C14H17NO. The molecule has 0 amide bonds. The molecule has 0 atom stereocenters. The predicted molar refractivity (Wildman–Crippen MR) is 66.7 cm³/mol. The molecule has 2 rings (SSSR count). The molecule has 0 unspecified atom stereocenters. The van der Waals surface area contributed by atoms with Crippen molar-refractivity contribution in [3.63, 3.8) is 0 Å². The number of carbonyl (C=O) groups excluding carboxylic acids is 1. The first-order valence-electron chi connectivity index (χ1n) is 5.53. The minimum atomic E-state index is -0.427. The van der Waals surface area contributed by atoms with Gasteiger partial charge in [0.2, 0.25) is 0 Å². The summed E-state index contributed by atoms with van der Waals surface area (Å²) in [5, 5.41) is 1.15. The Morgan fingerprint density at radius 2 is 1.88 bits per heavy atom. The molecule has 2 aromatic rings. The number of ketones is 1. The van der Waals surface area contributed by atoms with E-state index < -0.39 is 5.41 Å². The van der Waals surface area contributed by atoms with E-state index in [0.717, 1.165) is 22.2 Å². The number of fused-ring (bicyclic) bond motifs is 1. The Bertz CT molecular complexity index is 549. The van der Waals surface area contributed by atoms with Crippen molar-refractivity contribution in [2.24, 2.45) is 0 Å². The Hall–Kier alpha value is -1.57. The van der Waals surface area contributed by atoms with Gasteiger partial charge in [0, 0.05) is 16.6 Å². The van der Waals surface area contributed by atoms with Crippen molar-refractivity contribution in [3.8, 4) is 0 Å². The van der Waals surface area contributed by atoms with E-state index in [9.17, 15) is 4.79 Å². The zero-order valence-corrected chi connectivity index (χ0v) is 10.2. The second-order valence-corrected chi connectivity index (χ2v) is 4.85. The van der Waals surface area contributed by atoms with E-state index in [4.69, 9.17) is 0 Å². The van der Waals surface area contributed by atoms with Crippen LogP contribution >= 0.6 is 0 Å². The van der Waals surface area contributed by atoms with Crippen molar-refractivity contribution in [2.45, 2.75) is 33.1 Å². The summed E-state index contributed by atoms with van der Waals surface area (Å²) < 4.78 is 0. The van der Waals surface area contributed by atoms with Crippen molar-refractivity contribution in [1.82, 2.24) is 4.98 Å². The van der Waals surface area contributed by atoms with E-state index in [1.54, 1.807) is 6.92 Å². The number of hydrogen-bond donors (Lipinski definition) is 1. The molecule has 1 N–H and O–H groups in total. The Kier molecular flexibility index (Phi) is 2.38. The lowest BCUT2D eigenvalue weighted by atomic mass is 9.79. The van der Waals surface area contributed by atoms with Crippen LogP contribution in [0.4, 0.5) is 0 Å². The van der Waals surface area contributed by atoms with Crippen molar-refractivity contribution in [3.05, 3.63) is 35.5 Å². The summed E-state index contributed by atoms with van der Waals surface area (Å²) in [6, 6.07) is 8.12. The van der Waals surface area contributed by atoms with Gasteiger partial charge in [-0.1, -0.05) is 18.2 Å². The van der Waals surface area contributed by atoms with Gasteiger partial charge in [0.25, 0.3) is 0 Å². The van der Waals surface area contributed by atoms with Crippen LogP contribution in [0.2, 0.25) is 0 Å². The number of hydrogen-bond acceptors (Lipinski definition) is 1. The van der Waals surface area contributed by atoms with Crippen LogP contribution in [-0.2, 0) is 10.2 Å². The lowest BCUT2D eigenvalue weighted by Gasteiger charge is -2.22. The SMILES string of the molecule is CC(=O)C(C)(C)c1c(C)[nH]c2ccccc12. The quantitative estimate of drug-likeness (QED) is 0.818. The number of para-hydroxylation sites is 1. The molecule has 0 fully saturated rings. The Morgan fingerprint density at radius 1 is 1.25 bits per heavy atom. The molecule has 16 heavy (non-hydrogen) atoms. The smallest absolute Gasteiger partial charge is 0.139 e. The van der Waals surface area contributed by atoms with E-state index in [2.05, 4.69) is 11.1 Å². The molecule has 0 aliphatic heterocycles. The normalized spacial score (nSPS) is 12.0. The summed E-state index contributed by atoms with van der Waals surface area (Å²) in [5.74, 6) is 0.195. The van der Waals surface area contributed by atoms with Crippen LogP contribution < -0.4 is 0 Å². The molecule has 0 aliphatic rings. The molecule has 0 saturated carbocycles. The summed E-state index contributed by atoms with van der Waals surface area (Å²) in [6.45, 7) is 7.65. The van der Waals surface area contributed by atoms with Gasteiger partial charge in [-0.2, -0.15) is 0 Å². The highest BCUT2D eigenvalue weighted by atomic mass is 16.1. The van der Waals surface area contributed by atoms with Crippen LogP contribution in [-0.4, -0.2) is 10.8 Å². The fourth-order valence-electron chi connectivity index (χ4n) is 2.26. The number of rotatable bonds is 2. The number of H-pyrrole nitrogens is 1. The average Bonchev–Trinajstić information content (AvgIpc) is 2.53. The molecule has 0 radical (unpaired) electrons. The lowest BCUT2D eigenvalue weighted by molar-refractivity contribution is -0.121. The maximum Gasteiger partial charge on any atom is 0.139 e. The summed E-state index contributed by atoms with van der Waals surface area (Å²) >= 11 is 0. The zero-order valence-electron chi connectivity index (χ0n) is 10.2. The van der Waals surface area contributed by atoms with Gasteiger partial charge in [-0.3, -0.25) is 4.79 Å². The highest BCUT2D eigenvalue weighted by Crippen LogP contribution is 2.33. The third-order valence-corrected chi connectivity index (χ3v) is 3.40. The van der Waals surface area contributed by atoms with Crippen LogP contribution in [0.5, 0.6) is 0 Å². The molecule has 0 bridgehead atoms. The summed E-state index contributed by atoms with van der Waals surface area (Å²) in [6.07, 6.45) is 0. The number of benzene rings is 1. The summed E-state index contributed by atoms with van der Waals surface area (Å²) in [5.41, 5.74) is 2.88. The Labute approximate surface area is 95.7 Å². The maximum absolute atomic E-state index is 11.7. The van der Waals surface area contributed by atoms with Crippen LogP contribution in [0.1, 0.15) is 32.0 Å². The third-order valence-electron chi connectivity index (χ3n) is 3.40. The monoisotopic (exact) mass is 215 g/mol. The number of Topliss-reactive ketones (excluding diaryl/α,β-unsaturated/α-hetero) is 1. The van der Waals surface area contributed by atoms with Gasteiger partial charge >= 0.3 is 0 Å². The molecule has 0 aliphatic carbocycles. The van der Waals surface area contributed by atoms with Crippen LogP contribution in [0.15, 0.2) is 24.3 Å². The molecule has 1 aromatic heterocycles. The lowest BCUT2D eigenvalue weighted by Crippen LogP contribution is -2.27. The molecule has 2 nitrogen and oxygen atoms in total. The maximum atomic E-state index is 11.7. The minimum absolute atomic E-state index is 0.195. The average molecular weight is 215 g/mol. The molecule has 1 heterocycles. The topological polar surface area (TPSA) is 32.9 Å².